The zero-order chi connectivity index (χ0) is 22.1. The van der Waals surface area contributed by atoms with Crippen molar-refractivity contribution >= 4 is 11.6 Å². The second-order valence-corrected chi connectivity index (χ2v) is 7.61. The smallest absolute Gasteiger partial charge is 0.442 e. The largest absolute Gasteiger partial charge is 0.467 e. The quantitative estimate of drug-likeness (QED) is 0.482. The van der Waals surface area contributed by atoms with E-state index in [4.69, 9.17) is 8.94 Å². The summed E-state index contributed by atoms with van der Waals surface area (Å²) in [6.45, 7) is 1.76. The maximum Gasteiger partial charge on any atom is 0.442 e. The van der Waals surface area contributed by atoms with Gasteiger partial charge < -0.3 is 4.42 Å². The van der Waals surface area contributed by atoms with Gasteiger partial charge in [0, 0.05) is 12.0 Å². The van der Waals surface area contributed by atoms with Crippen LogP contribution in [0.15, 0.2) is 91.8 Å². The molecule has 32 heavy (non-hydrogen) atoms. The van der Waals surface area contributed by atoms with Crippen LogP contribution in [0.25, 0.3) is 11.4 Å². The number of aryl methyl sites for hydroxylation is 1. The Labute approximate surface area is 183 Å². The third-order valence-corrected chi connectivity index (χ3v) is 5.43. The second-order valence-electron chi connectivity index (χ2n) is 7.61. The normalized spacial score (nSPS) is 15.7. The molecule has 8 heteroatoms. The number of rotatable bonds is 5. The Balaban J connectivity index is 1.48. The minimum absolute atomic E-state index is 0.256. The van der Waals surface area contributed by atoms with Crippen molar-refractivity contribution in [1.29, 1.82) is 0 Å². The first-order valence-corrected chi connectivity index (χ1v) is 10.2. The Bertz CT molecular complexity index is 1320. The Hall–Kier alpha value is -4.20. The zero-order valence-corrected chi connectivity index (χ0v) is 17.3. The molecule has 0 N–H and O–H groups in total. The summed E-state index contributed by atoms with van der Waals surface area (Å²) in [5.41, 5.74) is 3.54. The molecule has 0 spiro atoms. The monoisotopic (exact) mass is 428 g/mol. The van der Waals surface area contributed by atoms with Gasteiger partial charge in [-0.05, 0) is 24.6 Å². The van der Waals surface area contributed by atoms with Gasteiger partial charge in [-0.2, -0.15) is 5.10 Å². The molecule has 8 nitrogen and oxygen atoms in total. The molecule has 0 fully saturated rings. The summed E-state index contributed by atoms with van der Waals surface area (Å²) in [5.74, 6) is -0.143. The Kier molecular flexibility index (Phi) is 5.03. The van der Waals surface area contributed by atoms with E-state index in [0.717, 1.165) is 16.8 Å². The van der Waals surface area contributed by atoms with Crippen LogP contribution in [0.4, 0.5) is 0 Å². The number of benzene rings is 2. The number of amides is 1. The highest BCUT2D eigenvalue weighted by molar-refractivity contribution is 6.03. The summed E-state index contributed by atoms with van der Waals surface area (Å²) in [7, 11) is 0. The van der Waals surface area contributed by atoms with Gasteiger partial charge in [-0.25, -0.2) is 14.4 Å². The molecule has 0 aliphatic carbocycles. The van der Waals surface area contributed by atoms with Crippen LogP contribution >= 0.6 is 0 Å². The lowest BCUT2D eigenvalue weighted by Gasteiger charge is -2.20. The van der Waals surface area contributed by atoms with Crippen LogP contribution in [0.2, 0.25) is 0 Å². The van der Waals surface area contributed by atoms with Gasteiger partial charge >= 0.3 is 5.76 Å². The van der Waals surface area contributed by atoms with Crippen molar-refractivity contribution in [2.45, 2.75) is 25.9 Å². The van der Waals surface area contributed by atoms with Crippen LogP contribution in [0.1, 0.15) is 29.3 Å². The fraction of sp³-hybridized carbons (Fsp3) is 0.167. The van der Waals surface area contributed by atoms with Crippen molar-refractivity contribution in [2.24, 2.45) is 5.10 Å². The van der Waals surface area contributed by atoms with E-state index in [1.807, 2.05) is 55.5 Å². The molecule has 2 aromatic carbocycles. The molecule has 3 heterocycles. The molecule has 0 saturated heterocycles. The third kappa shape index (κ3) is 3.66. The lowest BCUT2D eigenvalue weighted by atomic mass is 10.0. The molecule has 2 aromatic heterocycles. The topological polar surface area (TPSA) is 93.8 Å². The molecule has 5 rings (SSSR count). The maximum absolute atomic E-state index is 13.3. The average Bonchev–Trinajstić information content (AvgIpc) is 3.55. The molecule has 160 valence electrons. The molecular formula is C24H20N4O4. The van der Waals surface area contributed by atoms with Gasteiger partial charge in [-0.1, -0.05) is 65.3 Å². The van der Waals surface area contributed by atoms with E-state index in [-0.39, 0.29) is 12.5 Å². The molecule has 0 radical (unpaired) electrons. The molecule has 1 aliphatic heterocycles. The van der Waals surface area contributed by atoms with Gasteiger partial charge in [-0.15, -0.1) is 0 Å². The van der Waals surface area contributed by atoms with Crippen molar-refractivity contribution in [3.8, 4) is 11.4 Å². The highest BCUT2D eigenvalue weighted by Gasteiger charge is 2.35. The summed E-state index contributed by atoms with van der Waals surface area (Å²) >= 11 is 0. The first kappa shape index (κ1) is 19.7. The van der Waals surface area contributed by atoms with Gasteiger partial charge in [0.05, 0.1) is 12.0 Å². The average molecular weight is 428 g/mol. The van der Waals surface area contributed by atoms with Crippen LogP contribution in [0.5, 0.6) is 0 Å². The lowest BCUT2D eigenvalue weighted by molar-refractivity contribution is -0.134. The first-order valence-electron chi connectivity index (χ1n) is 10.2. The highest BCUT2D eigenvalue weighted by Crippen LogP contribution is 2.33. The first-order chi connectivity index (χ1) is 15.6. The minimum atomic E-state index is -0.700. The number of nitrogens with zero attached hydrogens (tertiary/aromatic N) is 4. The Morgan fingerprint density at radius 2 is 1.81 bits per heavy atom. The summed E-state index contributed by atoms with van der Waals surface area (Å²) in [6.07, 6.45) is 2.08. The molecule has 4 aromatic rings. The number of carbonyl (C=O) groups is 1. The van der Waals surface area contributed by atoms with Crippen molar-refractivity contribution in [3.63, 3.8) is 0 Å². The summed E-state index contributed by atoms with van der Waals surface area (Å²) in [5, 5.41) is 9.86. The molecule has 1 amide bonds. The summed E-state index contributed by atoms with van der Waals surface area (Å²) < 4.78 is 11.7. The molecule has 1 atom stereocenters. The number of hydrazone groups is 1. The fourth-order valence-electron chi connectivity index (χ4n) is 3.77. The van der Waals surface area contributed by atoms with Gasteiger partial charge in [0.25, 0.3) is 5.91 Å². The minimum Gasteiger partial charge on any atom is -0.467 e. The van der Waals surface area contributed by atoms with Gasteiger partial charge in [0.15, 0.2) is 5.82 Å². The number of aromatic nitrogens is 2. The van der Waals surface area contributed by atoms with Crippen LogP contribution < -0.4 is 5.76 Å². The van der Waals surface area contributed by atoms with Crippen molar-refractivity contribution in [3.05, 3.63) is 100 Å². The zero-order valence-electron chi connectivity index (χ0n) is 17.3. The van der Waals surface area contributed by atoms with Crippen LogP contribution in [-0.4, -0.2) is 26.4 Å². The van der Waals surface area contributed by atoms with E-state index in [9.17, 15) is 9.59 Å². The number of hydrogen-bond acceptors (Lipinski definition) is 6. The Morgan fingerprint density at radius 3 is 2.53 bits per heavy atom. The number of furan rings is 1. The molecule has 1 aliphatic rings. The molecular weight excluding hydrogens is 408 g/mol. The Morgan fingerprint density at radius 1 is 1.03 bits per heavy atom. The van der Waals surface area contributed by atoms with Crippen molar-refractivity contribution < 1.29 is 13.7 Å². The van der Waals surface area contributed by atoms with E-state index in [2.05, 4.69) is 10.3 Å². The fourth-order valence-corrected chi connectivity index (χ4v) is 3.77. The number of hydrogen-bond donors (Lipinski definition) is 0. The summed E-state index contributed by atoms with van der Waals surface area (Å²) in [4.78, 5) is 25.6. The van der Waals surface area contributed by atoms with Gasteiger partial charge in [-0.3, -0.25) is 9.32 Å². The third-order valence-electron chi connectivity index (χ3n) is 5.43. The van der Waals surface area contributed by atoms with Crippen molar-refractivity contribution in [2.75, 3.05) is 0 Å². The standard InChI is InChI=1S/C24H20N4O4/c1-16-9-11-17(12-10-16)19-14-20(21-8-5-13-31-21)28(25-19)22(29)15-27-23(26-32-24(27)30)18-6-3-2-4-7-18/h2-13,20H,14-15H2,1H3. The van der Waals surface area contributed by atoms with Crippen LogP contribution in [-0.2, 0) is 11.3 Å². The molecule has 0 bridgehead atoms. The lowest BCUT2D eigenvalue weighted by Crippen LogP contribution is -2.33. The van der Waals surface area contributed by atoms with E-state index in [0.29, 0.717) is 23.6 Å². The second kappa shape index (κ2) is 8.14. The van der Waals surface area contributed by atoms with Crippen LogP contribution in [0, 0.1) is 6.92 Å². The molecule has 1 unspecified atom stereocenters. The SMILES string of the molecule is Cc1ccc(C2=NN(C(=O)Cn3c(-c4ccccc4)noc3=O)C(c3ccco3)C2)cc1. The maximum atomic E-state index is 13.3. The number of carbonyl (C=O) groups excluding carboxylic acids is 1. The van der Waals surface area contributed by atoms with E-state index in [1.54, 1.807) is 24.5 Å². The molecule has 0 saturated carbocycles. The predicted octanol–water partition coefficient (Wildman–Crippen LogP) is 3.78. The van der Waals surface area contributed by atoms with E-state index in [1.165, 1.54) is 9.58 Å². The summed E-state index contributed by atoms with van der Waals surface area (Å²) in [6, 6.07) is 20.3. The van der Waals surface area contributed by atoms with Crippen molar-refractivity contribution in [1.82, 2.24) is 14.7 Å². The van der Waals surface area contributed by atoms with Crippen LogP contribution in [0.3, 0.4) is 0 Å². The van der Waals surface area contributed by atoms with Gasteiger partial charge in [0.1, 0.15) is 18.3 Å². The predicted molar refractivity (Wildman–Crippen MR) is 117 cm³/mol. The van der Waals surface area contributed by atoms with E-state index >= 15 is 0 Å². The highest BCUT2D eigenvalue weighted by atomic mass is 16.5. The van der Waals surface area contributed by atoms with Gasteiger partial charge in [0.2, 0.25) is 0 Å². The van der Waals surface area contributed by atoms with E-state index < -0.39 is 11.8 Å².